The summed E-state index contributed by atoms with van der Waals surface area (Å²) in [5.74, 6) is 0. The van der Waals surface area contributed by atoms with Crippen LogP contribution in [0.1, 0.15) is 5.56 Å². The Bertz CT molecular complexity index is 797. The minimum absolute atomic E-state index is 0.410. The van der Waals surface area contributed by atoms with Crippen LogP contribution < -0.4 is 0 Å². The Labute approximate surface area is 128 Å². The Kier molecular flexibility index (Phi) is 4.84. The minimum Gasteiger partial charge on any atom is -0.323 e. The molecule has 0 unspecified atom stereocenters. The molecule has 0 saturated carbocycles. The molecule has 6 nitrogen and oxygen atoms in total. The van der Waals surface area contributed by atoms with Crippen molar-refractivity contribution in [2.24, 2.45) is 0 Å². The fourth-order valence-electron chi connectivity index (χ4n) is 2.11. The Morgan fingerprint density at radius 3 is 2.09 bits per heavy atom. The molecular formula is C14H15O6PS. The van der Waals surface area contributed by atoms with E-state index in [1.165, 1.54) is 0 Å². The molecule has 0 amide bonds. The van der Waals surface area contributed by atoms with Gasteiger partial charge in [0.1, 0.15) is 0 Å². The summed E-state index contributed by atoms with van der Waals surface area (Å²) >= 11 is 0. The van der Waals surface area contributed by atoms with Gasteiger partial charge in [0.2, 0.25) is 0 Å². The van der Waals surface area contributed by atoms with Gasteiger partial charge in [-0.3, -0.25) is 9.12 Å². The highest BCUT2D eigenvalue weighted by molar-refractivity contribution is 7.93. The molecule has 1 atom stereocenters. The molecule has 0 radical (unpaired) electrons. The first kappa shape index (κ1) is 16.9. The summed E-state index contributed by atoms with van der Waals surface area (Å²) in [5, 5.41) is 0. The summed E-state index contributed by atoms with van der Waals surface area (Å²) in [6.45, 7) is 0. The normalized spacial score (nSPS) is 13.8. The lowest BCUT2D eigenvalue weighted by atomic mass is 10.0. The van der Waals surface area contributed by atoms with E-state index in [0.29, 0.717) is 5.56 Å². The van der Waals surface area contributed by atoms with Crippen LogP contribution in [-0.2, 0) is 21.1 Å². The van der Waals surface area contributed by atoms with Gasteiger partial charge in [-0.1, -0.05) is 54.6 Å². The van der Waals surface area contributed by atoms with E-state index < -0.39 is 29.1 Å². The van der Waals surface area contributed by atoms with Crippen molar-refractivity contribution in [1.29, 1.82) is 0 Å². The van der Waals surface area contributed by atoms with E-state index in [4.69, 9.17) is 14.3 Å². The van der Waals surface area contributed by atoms with Crippen molar-refractivity contribution in [3.63, 3.8) is 0 Å². The molecule has 0 aliphatic carbocycles. The SMILES string of the molecule is O=P(O)(O)[C@@H](Cc1cccc(-c2ccccc2)c1)S(=O)(=O)O. The molecule has 0 saturated heterocycles. The highest BCUT2D eigenvalue weighted by atomic mass is 32.2. The molecule has 118 valence electrons. The van der Waals surface area contributed by atoms with Crippen molar-refractivity contribution in [2.45, 2.75) is 11.4 Å². The van der Waals surface area contributed by atoms with Crippen LogP contribution >= 0.6 is 7.60 Å². The van der Waals surface area contributed by atoms with Crippen LogP contribution in [0.4, 0.5) is 0 Å². The molecule has 22 heavy (non-hydrogen) atoms. The highest BCUT2D eigenvalue weighted by Crippen LogP contribution is 2.45. The molecule has 2 rings (SSSR count). The molecule has 3 N–H and O–H groups in total. The fraction of sp³-hybridized carbons (Fsp3) is 0.143. The molecule has 2 aromatic carbocycles. The fourth-order valence-corrected chi connectivity index (χ4v) is 4.35. The predicted octanol–water partition coefficient (Wildman–Crippen LogP) is 2.29. The molecule has 0 heterocycles. The summed E-state index contributed by atoms with van der Waals surface area (Å²) in [5.41, 5.74) is 2.09. The maximum atomic E-state index is 11.3. The summed E-state index contributed by atoms with van der Waals surface area (Å²) in [7, 11) is -9.85. The van der Waals surface area contributed by atoms with Gasteiger partial charge in [0.25, 0.3) is 10.1 Å². The molecule has 0 aromatic heterocycles. The van der Waals surface area contributed by atoms with E-state index in [1.807, 2.05) is 30.3 Å². The van der Waals surface area contributed by atoms with Gasteiger partial charge in [0.15, 0.2) is 4.99 Å². The number of hydrogen-bond donors (Lipinski definition) is 3. The third-order valence-electron chi connectivity index (χ3n) is 3.16. The summed E-state index contributed by atoms with van der Waals surface area (Å²) in [4.78, 5) is 16.1. The van der Waals surface area contributed by atoms with Crippen LogP contribution in [-0.4, -0.2) is 27.7 Å². The predicted molar refractivity (Wildman–Crippen MR) is 83.0 cm³/mol. The van der Waals surface area contributed by atoms with Crippen molar-refractivity contribution >= 4 is 17.7 Å². The second kappa shape index (κ2) is 6.32. The van der Waals surface area contributed by atoms with Gasteiger partial charge in [-0.15, -0.1) is 0 Å². The summed E-state index contributed by atoms with van der Waals surface area (Å²) in [6, 6.07) is 15.9. The third-order valence-corrected chi connectivity index (χ3v) is 6.57. The Morgan fingerprint density at radius 1 is 0.955 bits per heavy atom. The van der Waals surface area contributed by atoms with Gasteiger partial charge in [-0.25, -0.2) is 0 Å². The van der Waals surface area contributed by atoms with E-state index in [2.05, 4.69) is 0 Å². The molecule has 0 aliphatic rings. The smallest absolute Gasteiger partial charge is 0.323 e. The van der Waals surface area contributed by atoms with Crippen LogP contribution in [0, 0.1) is 0 Å². The van der Waals surface area contributed by atoms with Gasteiger partial charge in [-0.05, 0) is 16.7 Å². The topological polar surface area (TPSA) is 112 Å². The standard InChI is InChI=1S/C14H15O6PS/c15-21(16,17)14(22(18,19)20)10-11-5-4-8-13(9-11)12-6-2-1-3-7-12/h1-9,14H,10H2,(H2,15,16,17)(H,18,19,20)/t14-/m1/s1. The quantitative estimate of drug-likeness (QED) is 0.568. The molecule has 2 aromatic rings. The molecule has 0 spiro atoms. The minimum atomic E-state index is -4.99. The number of benzene rings is 2. The van der Waals surface area contributed by atoms with E-state index in [-0.39, 0.29) is 0 Å². The molecule has 0 bridgehead atoms. The second-order valence-electron chi connectivity index (χ2n) is 4.83. The maximum absolute atomic E-state index is 11.3. The molecule has 0 fully saturated rings. The largest absolute Gasteiger partial charge is 0.346 e. The monoisotopic (exact) mass is 342 g/mol. The average Bonchev–Trinajstić information content (AvgIpc) is 2.44. The van der Waals surface area contributed by atoms with Crippen LogP contribution in [0.15, 0.2) is 54.6 Å². The molecule has 8 heteroatoms. The molecule has 0 aliphatic heterocycles. The maximum Gasteiger partial charge on any atom is 0.346 e. The first-order valence-electron chi connectivity index (χ1n) is 6.34. The van der Waals surface area contributed by atoms with Crippen LogP contribution in [0.5, 0.6) is 0 Å². The van der Waals surface area contributed by atoms with Crippen LogP contribution in [0.2, 0.25) is 0 Å². The average molecular weight is 342 g/mol. The Balaban J connectivity index is 2.36. The zero-order chi connectivity index (χ0) is 16.4. The third kappa shape index (κ3) is 4.25. The highest BCUT2D eigenvalue weighted by Gasteiger charge is 2.39. The van der Waals surface area contributed by atoms with E-state index in [9.17, 15) is 13.0 Å². The zero-order valence-corrected chi connectivity index (χ0v) is 13.1. The van der Waals surface area contributed by atoms with Crippen molar-refractivity contribution in [1.82, 2.24) is 0 Å². The van der Waals surface area contributed by atoms with E-state index in [1.54, 1.807) is 24.3 Å². The number of rotatable bonds is 5. The second-order valence-corrected chi connectivity index (χ2v) is 8.58. The van der Waals surface area contributed by atoms with Gasteiger partial charge >= 0.3 is 7.60 Å². The van der Waals surface area contributed by atoms with Gasteiger partial charge < -0.3 is 9.79 Å². The zero-order valence-electron chi connectivity index (χ0n) is 11.4. The van der Waals surface area contributed by atoms with E-state index in [0.717, 1.165) is 11.1 Å². The van der Waals surface area contributed by atoms with Crippen LogP contribution in [0.25, 0.3) is 11.1 Å². The number of hydrogen-bond acceptors (Lipinski definition) is 3. The van der Waals surface area contributed by atoms with Gasteiger partial charge in [0, 0.05) is 6.42 Å². The Morgan fingerprint density at radius 2 is 1.55 bits per heavy atom. The first-order valence-corrected chi connectivity index (χ1v) is 9.52. The van der Waals surface area contributed by atoms with Gasteiger partial charge in [0.05, 0.1) is 0 Å². The van der Waals surface area contributed by atoms with Gasteiger partial charge in [-0.2, -0.15) is 8.42 Å². The van der Waals surface area contributed by atoms with Crippen LogP contribution in [0.3, 0.4) is 0 Å². The lowest BCUT2D eigenvalue weighted by Crippen LogP contribution is -2.23. The summed E-state index contributed by atoms with van der Waals surface area (Å²) in [6.07, 6.45) is -0.468. The first-order chi connectivity index (χ1) is 10.2. The van der Waals surface area contributed by atoms with Crippen molar-refractivity contribution in [3.8, 4) is 11.1 Å². The van der Waals surface area contributed by atoms with Crippen molar-refractivity contribution < 1.29 is 27.3 Å². The van der Waals surface area contributed by atoms with E-state index >= 15 is 0 Å². The summed E-state index contributed by atoms with van der Waals surface area (Å²) < 4.78 is 42.7. The Hall–Kier alpha value is -1.50. The lowest BCUT2D eigenvalue weighted by Gasteiger charge is -2.16. The lowest BCUT2D eigenvalue weighted by molar-refractivity contribution is 0.363. The van der Waals surface area contributed by atoms with Crippen molar-refractivity contribution in [2.75, 3.05) is 0 Å². The van der Waals surface area contributed by atoms with Crippen molar-refractivity contribution in [3.05, 3.63) is 60.2 Å². The molecular weight excluding hydrogens is 327 g/mol.